The fourth-order valence-corrected chi connectivity index (χ4v) is 3.54. The Kier molecular flexibility index (Phi) is 5.55. The van der Waals surface area contributed by atoms with Crippen LogP contribution in [0.2, 0.25) is 5.02 Å². The molecule has 1 aromatic carbocycles. The fourth-order valence-electron chi connectivity index (χ4n) is 1.98. The SMILES string of the molecule is CN(Cc1ccsc1)C(=O)CSc1nnc(-c2cccc(Cl)c2)o1. The second-order valence-electron chi connectivity index (χ2n) is 5.05. The van der Waals surface area contributed by atoms with E-state index >= 15 is 0 Å². The van der Waals surface area contributed by atoms with Gasteiger partial charge in [-0.3, -0.25) is 4.79 Å². The number of carbonyl (C=O) groups is 1. The number of rotatable bonds is 6. The van der Waals surface area contributed by atoms with Gasteiger partial charge in [0.25, 0.3) is 5.22 Å². The van der Waals surface area contributed by atoms with Crippen LogP contribution in [0.1, 0.15) is 5.56 Å². The van der Waals surface area contributed by atoms with Crippen LogP contribution in [0.3, 0.4) is 0 Å². The maximum absolute atomic E-state index is 12.2. The van der Waals surface area contributed by atoms with E-state index in [2.05, 4.69) is 10.2 Å². The predicted octanol–water partition coefficient (Wildman–Crippen LogP) is 4.20. The highest BCUT2D eigenvalue weighted by Crippen LogP contribution is 2.25. The van der Waals surface area contributed by atoms with E-state index in [9.17, 15) is 4.79 Å². The molecular formula is C16H14ClN3O2S2. The van der Waals surface area contributed by atoms with E-state index in [1.807, 2.05) is 29.0 Å². The van der Waals surface area contributed by atoms with Crippen LogP contribution >= 0.6 is 34.7 Å². The van der Waals surface area contributed by atoms with Gasteiger partial charge in [0.05, 0.1) is 5.75 Å². The van der Waals surface area contributed by atoms with E-state index in [1.54, 1.807) is 35.4 Å². The van der Waals surface area contributed by atoms with Gasteiger partial charge in [0.2, 0.25) is 11.8 Å². The Morgan fingerprint density at radius 3 is 3.00 bits per heavy atom. The van der Waals surface area contributed by atoms with Crippen molar-refractivity contribution < 1.29 is 9.21 Å². The van der Waals surface area contributed by atoms with Crippen LogP contribution in [-0.2, 0) is 11.3 Å². The van der Waals surface area contributed by atoms with E-state index in [-0.39, 0.29) is 11.7 Å². The predicted molar refractivity (Wildman–Crippen MR) is 96.3 cm³/mol. The second-order valence-corrected chi connectivity index (χ2v) is 7.20. The van der Waals surface area contributed by atoms with Crippen molar-refractivity contribution in [2.45, 2.75) is 11.8 Å². The number of hydrogen-bond acceptors (Lipinski definition) is 6. The summed E-state index contributed by atoms with van der Waals surface area (Å²) in [6.07, 6.45) is 0. The van der Waals surface area contributed by atoms with Gasteiger partial charge >= 0.3 is 0 Å². The Balaban J connectivity index is 1.56. The largest absolute Gasteiger partial charge is 0.411 e. The van der Waals surface area contributed by atoms with Crippen LogP contribution in [0.4, 0.5) is 0 Å². The number of halogens is 1. The Hall–Kier alpha value is -1.83. The number of thioether (sulfide) groups is 1. The standard InChI is InChI=1S/C16H14ClN3O2S2/c1-20(8-11-5-6-23-9-11)14(21)10-24-16-19-18-15(22-16)12-3-2-4-13(17)7-12/h2-7,9H,8,10H2,1H3. The first-order chi connectivity index (χ1) is 11.6. The van der Waals surface area contributed by atoms with Gasteiger partial charge < -0.3 is 9.32 Å². The quantitative estimate of drug-likeness (QED) is 0.600. The first-order valence-corrected chi connectivity index (χ1v) is 9.40. The van der Waals surface area contributed by atoms with Crippen molar-refractivity contribution in [3.8, 4) is 11.5 Å². The van der Waals surface area contributed by atoms with E-state index in [0.29, 0.717) is 22.7 Å². The monoisotopic (exact) mass is 379 g/mol. The topological polar surface area (TPSA) is 59.2 Å². The van der Waals surface area contributed by atoms with Crippen LogP contribution in [-0.4, -0.2) is 33.8 Å². The molecule has 0 aliphatic rings. The second kappa shape index (κ2) is 7.83. The van der Waals surface area contributed by atoms with Crippen molar-refractivity contribution in [2.24, 2.45) is 0 Å². The summed E-state index contributed by atoms with van der Waals surface area (Å²) in [5.41, 5.74) is 1.88. The van der Waals surface area contributed by atoms with Crippen molar-refractivity contribution in [1.82, 2.24) is 15.1 Å². The summed E-state index contributed by atoms with van der Waals surface area (Å²) in [6.45, 7) is 0.598. The number of thiophene rings is 1. The number of nitrogens with zero attached hydrogens (tertiary/aromatic N) is 3. The van der Waals surface area contributed by atoms with Gasteiger partial charge in [0, 0.05) is 24.2 Å². The van der Waals surface area contributed by atoms with Crippen molar-refractivity contribution >= 4 is 40.6 Å². The molecule has 0 radical (unpaired) electrons. The maximum Gasteiger partial charge on any atom is 0.277 e. The zero-order valence-electron chi connectivity index (χ0n) is 12.8. The van der Waals surface area contributed by atoms with Crippen molar-refractivity contribution in [3.63, 3.8) is 0 Å². The first kappa shape index (κ1) is 17.0. The molecule has 0 N–H and O–H groups in total. The minimum absolute atomic E-state index is 0.00806. The number of hydrogen-bond donors (Lipinski definition) is 0. The van der Waals surface area contributed by atoms with Crippen LogP contribution < -0.4 is 0 Å². The third kappa shape index (κ3) is 4.37. The van der Waals surface area contributed by atoms with Gasteiger partial charge in [-0.25, -0.2) is 0 Å². The summed E-state index contributed by atoms with van der Waals surface area (Å²) in [5, 5.41) is 13.0. The molecule has 8 heteroatoms. The van der Waals surface area contributed by atoms with E-state index < -0.39 is 0 Å². The molecule has 0 atom stereocenters. The van der Waals surface area contributed by atoms with Crippen LogP contribution in [0, 0.1) is 0 Å². The minimum Gasteiger partial charge on any atom is -0.411 e. The van der Waals surface area contributed by atoms with E-state index in [0.717, 1.165) is 11.1 Å². The lowest BCUT2D eigenvalue weighted by molar-refractivity contribution is -0.127. The molecule has 2 heterocycles. The molecule has 124 valence electrons. The van der Waals surface area contributed by atoms with E-state index in [4.69, 9.17) is 16.0 Å². The summed E-state index contributed by atoms with van der Waals surface area (Å²) < 4.78 is 5.57. The molecule has 0 saturated carbocycles. The molecule has 0 unspecified atom stereocenters. The molecule has 0 aliphatic heterocycles. The lowest BCUT2D eigenvalue weighted by Gasteiger charge is -2.15. The Morgan fingerprint density at radius 2 is 2.25 bits per heavy atom. The highest BCUT2D eigenvalue weighted by Gasteiger charge is 2.14. The third-order valence-corrected chi connectivity index (χ3v) is 4.99. The summed E-state index contributed by atoms with van der Waals surface area (Å²) >= 11 is 8.80. The molecule has 0 saturated heterocycles. The fraction of sp³-hybridized carbons (Fsp3) is 0.188. The van der Waals surface area contributed by atoms with Crippen molar-refractivity contribution in [2.75, 3.05) is 12.8 Å². The summed E-state index contributed by atoms with van der Waals surface area (Å²) in [5.74, 6) is 0.644. The molecule has 1 amide bonds. The van der Waals surface area contributed by atoms with Gasteiger partial charge in [-0.1, -0.05) is 29.4 Å². The molecule has 3 aromatic rings. The van der Waals surface area contributed by atoms with Gasteiger partial charge in [-0.2, -0.15) is 11.3 Å². The minimum atomic E-state index is 0.00806. The molecule has 0 bridgehead atoms. The van der Waals surface area contributed by atoms with Gasteiger partial charge in [0.1, 0.15) is 0 Å². The molecule has 0 aliphatic carbocycles. The normalized spacial score (nSPS) is 10.8. The lowest BCUT2D eigenvalue weighted by atomic mass is 10.2. The highest BCUT2D eigenvalue weighted by molar-refractivity contribution is 7.99. The molecule has 2 aromatic heterocycles. The van der Waals surface area contributed by atoms with Gasteiger partial charge in [-0.05, 0) is 40.6 Å². The maximum atomic E-state index is 12.2. The molecule has 24 heavy (non-hydrogen) atoms. The Labute approximate surface area is 152 Å². The molecule has 0 fully saturated rings. The Morgan fingerprint density at radius 1 is 1.38 bits per heavy atom. The number of amides is 1. The van der Waals surface area contributed by atoms with Crippen LogP contribution in [0.15, 0.2) is 50.7 Å². The summed E-state index contributed by atoms with van der Waals surface area (Å²) in [7, 11) is 1.78. The van der Waals surface area contributed by atoms with Gasteiger partial charge in [-0.15, -0.1) is 10.2 Å². The van der Waals surface area contributed by atoms with Gasteiger partial charge in [0.15, 0.2) is 0 Å². The lowest BCUT2D eigenvalue weighted by Crippen LogP contribution is -2.27. The average molecular weight is 380 g/mol. The third-order valence-electron chi connectivity index (χ3n) is 3.22. The number of benzene rings is 1. The smallest absolute Gasteiger partial charge is 0.277 e. The van der Waals surface area contributed by atoms with Crippen molar-refractivity contribution in [1.29, 1.82) is 0 Å². The first-order valence-electron chi connectivity index (χ1n) is 7.09. The zero-order valence-corrected chi connectivity index (χ0v) is 15.2. The molecule has 5 nitrogen and oxygen atoms in total. The summed E-state index contributed by atoms with van der Waals surface area (Å²) in [6, 6.07) is 9.20. The van der Waals surface area contributed by atoms with Crippen molar-refractivity contribution in [3.05, 3.63) is 51.7 Å². The molecule has 0 spiro atoms. The van der Waals surface area contributed by atoms with Crippen LogP contribution in [0.5, 0.6) is 0 Å². The number of aromatic nitrogens is 2. The average Bonchev–Trinajstić information content (AvgIpc) is 3.24. The van der Waals surface area contributed by atoms with Crippen LogP contribution in [0.25, 0.3) is 11.5 Å². The Bertz CT molecular complexity index is 820. The molecule has 3 rings (SSSR count). The number of carbonyl (C=O) groups excluding carboxylic acids is 1. The highest BCUT2D eigenvalue weighted by atomic mass is 35.5. The van der Waals surface area contributed by atoms with E-state index in [1.165, 1.54) is 11.8 Å². The zero-order chi connectivity index (χ0) is 16.9. The molecular weight excluding hydrogens is 366 g/mol. The summed E-state index contributed by atoms with van der Waals surface area (Å²) in [4.78, 5) is 13.8.